The highest BCUT2D eigenvalue weighted by molar-refractivity contribution is 7.99. The second-order valence-electron chi connectivity index (χ2n) is 6.08. The lowest BCUT2D eigenvalue weighted by Crippen LogP contribution is -2.14. The van der Waals surface area contributed by atoms with Gasteiger partial charge in [-0.1, -0.05) is 23.1 Å². The van der Waals surface area contributed by atoms with Crippen LogP contribution in [0.4, 0.5) is 5.13 Å². The van der Waals surface area contributed by atoms with Crippen molar-refractivity contribution in [2.45, 2.75) is 5.16 Å². The normalized spacial score (nSPS) is 10.7. The van der Waals surface area contributed by atoms with Crippen molar-refractivity contribution < 1.29 is 9.53 Å². The smallest absolute Gasteiger partial charge is 0.236 e. The van der Waals surface area contributed by atoms with Crippen molar-refractivity contribution in [1.29, 1.82) is 0 Å². The zero-order chi connectivity index (χ0) is 20.9. The van der Waals surface area contributed by atoms with Crippen molar-refractivity contribution in [2.75, 3.05) is 18.2 Å². The third kappa shape index (κ3) is 4.47. The maximum absolute atomic E-state index is 12.3. The minimum absolute atomic E-state index is 0.180. The van der Waals surface area contributed by atoms with Crippen LogP contribution in [0.25, 0.3) is 22.0 Å². The van der Waals surface area contributed by atoms with Gasteiger partial charge in [-0.15, -0.1) is 20.4 Å². The lowest BCUT2D eigenvalue weighted by atomic mass is 10.2. The van der Waals surface area contributed by atoms with E-state index in [9.17, 15) is 4.79 Å². The van der Waals surface area contributed by atoms with Gasteiger partial charge in [0.05, 0.1) is 12.9 Å². The van der Waals surface area contributed by atoms with E-state index in [4.69, 9.17) is 4.74 Å². The topological polar surface area (TPSA) is 108 Å². The molecule has 0 atom stereocenters. The highest BCUT2D eigenvalue weighted by Crippen LogP contribution is 2.28. The molecule has 0 saturated heterocycles. The van der Waals surface area contributed by atoms with Gasteiger partial charge in [0.2, 0.25) is 11.0 Å². The van der Waals surface area contributed by atoms with Crippen molar-refractivity contribution in [1.82, 2.24) is 29.9 Å². The van der Waals surface area contributed by atoms with Gasteiger partial charge in [0.1, 0.15) is 10.8 Å². The number of methoxy groups -OCH3 is 1. The quantitative estimate of drug-likeness (QED) is 0.438. The first-order chi connectivity index (χ1) is 14.6. The van der Waals surface area contributed by atoms with Gasteiger partial charge in [0.25, 0.3) is 0 Å². The van der Waals surface area contributed by atoms with E-state index < -0.39 is 0 Å². The van der Waals surface area contributed by atoms with Crippen molar-refractivity contribution in [3.63, 3.8) is 0 Å². The second-order valence-corrected chi connectivity index (χ2v) is 8.00. The summed E-state index contributed by atoms with van der Waals surface area (Å²) in [5.41, 5.74) is 1.82. The number of pyridine rings is 1. The van der Waals surface area contributed by atoms with Crippen LogP contribution in [-0.2, 0) is 11.8 Å². The highest BCUT2D eigenvalue weighted by Gasteiger charge is 2.14. The first-order valence-corrected chi connectivity index (χ1v) is 10.6. The molecular formula is C19H17N7O2S2. The summed E-state index contributed by atoms with van der Waals surface area (Å²) in [5, 5.41) is 21.1. The van der Waals surface area contributed by atoms with E-state index in [0.29, 0.717) is 16.1 Å². The van der Waals surface area contributed by atoms with Crippen LogP contribution in [0, 0.1) is 0 Å². The maximum Gasteiger partial charge on any atom is 0.236 e. The lowest BCUT2D eigenvalue weighted by Gasteiger charge is -2.03. The standard InChI is InChI=1S/C19H17N7O2S2/c1-26-16(12-7-9-20-10-8-12)22-25-19(26)29-11-15(27)21-18-24-23-17(30-18)13-3-5-14(28-2)6-4-13/h3-10H,11H2,1-2H3,(H,21,24,27). The third-order valence-corrected chi connectivity index (χ3v) is 6.02. The molecule has 3 heterocycles. The summed E-state index contributed by atoms with van der Waals surface area (Å²) in [5.74, 6) is 1.48. The van der Waals surface area contributed by atoms with Crippen LogP contribution in [0.2, 0.25) is 0 Å². The Hall–Kier alpha value is -3.31. The Kier molecular flexibility index (Phi) is 6.00. The molecule has 0 aliphatic heterocycles. The van der Waals surface area contributed by atoms with E-state index >= 15 is 0 Å². The zero-order valence-corrected chi connectivity index (χ0v) is 17.8. The number of hydrogen-bond acceptors (Lipinski definition) is 9. The zero-order valence-electron chi connectivity index (χ0n) is 16.1. The molecule has 3 aromatic heterocycles. The number of aromatic nitrogens is 6. The predicted molar refractivity (Wildman–Crippen MR) is 115 cm³/mol. The molecule has 9 nitrogen and oxygen atoms in total. The molecule has 4 aromatic rings. The van der Waals surface area contributed by atoms with Crippen molar-refractivity contribution in [3.05, 3.63) is 48.8 Å². The Labute approximate surface area is 180 Å². The van der Waals surface area contributed by atoms with Crippen LogP contribution in [-0.4, -0.2) is 48.7 Å². The average Bonchev–Trinajstić information content (AvgIpc) is 3.39. The Balaban J connectivity index is 1.35. The Morgan fingerprint density at radius 1 is 1.07 bits per heavy atom. The van der Waals surface area contributed by atoms with Gasteiger partial charge in [0.15, 0.2) is 11.0 Å². The first kappa shape index (κ1) is 20.0. The molecule has 0 aliphatic rings. The van der Waals surface area contributed by atoms with Gasteiger partial charge in [-0.2, -0.15) is 0 Å². The van der Waals surface area contributed by atoms with E-state index in [2.05, 4.69) is 30.7 Å². The number of carbonyl (C=O) groups excluding carboxylic acids is 1. The fraction of sp³-hybridized carbons (Fsp3) is 0.158. The summed E-state index contributed by atoms with van der Waals surface area (Å²) >= 11 is 2.61. The molecule has 1 aromatic carbocycles. The number of ether oxygens (including phenoxy) is 1. The van der Waals surface area contributed by atoms with Gasteiger partial charge in [0, 0.05) is 30.6 Å². The van der Waals surface area contributed by atoms with Gasteiger partial charge in [-0.3, -0.25) is 15.1 Å². The van der Waals surface area contributed by atoms with E-state index in [1.165, 1.54) is 23.1 Å². The molecule has 0 saturated carbocycles. The summed E-state index contributed by atoms with van der Waals surface area (Å²) in [6.45, 7) is 0. The average molecular weight is 440 g/mol. The van der Waals surface area contributed by atoms with E-state index in [0.717, 1.165) is 21.9 Å². The first-order valence-electron chi connectivity index (χ1n) is 8.84. The van der Waals surface area contributed by atoms with Gasteiger partial charge >= 0.3 is 0 Å². The Morgan fingerprint density at radius 3 is 2.57 bits per heavy atom. The summed E-state index contributed by atoms with van der Waals surface area (Å²) in [7, 11) is 3.48. The van der Waals surface area contributed by atoms with E-state index in [-0.39, 0.29) is 11.7 Å². The molecule has 0 bridgehead atoms. The number of hydrogen-bond donors (Lipinski definition) is 1. The Morgan fingerprint density at radius 2 is 1.83 bits per heavy atom. The molecule has 0 aliphatic carbocycles. The van der Waals surface area contributed by atoms with Crippen molar-refractivity contribution in [2.24, 2.45) is 7.05 Å². The molecule has 1 N–H and O–H groups in total. The number of nitrogens with one attached hydrogen (secondary N) is 1. The van der Waals surface area contributed by atoms with Crippen LogP contribution in [0.15, 0.2) is 53.9 Å². The second kappa shape index (κ2) is 9.01. The number of anilines is 1. The minimum Gasteiger partial charge on any atom is -0.497 e. The summed E-state index contributed by atoms with van der Waals surface area (Å²) in [6.07, 6.45) is 3.40. The minimum atomic E-state index is -0.189. The van der Waals surface area contributed by atoms with Crippen LogP contribution in [0.1, 0.15) is 0 Å². The van der Waals surface area contributed by atoms with Crippen molar-refractivity contribution in [3.8, 4) is 27.7 Å². The van der Waals surface area contributed by atoms with Gasteiger partial charge in [-0.25, -0.2) is 0 Å². The highest BCUT2D eigenvalue weighted by atomic mass is 32.2. The number of nitrogens with zero attached hydrogens (tertiary/aromatic N) is 6. The molecular weight excluding hydrogens is 422 g/mol. The van der Waals surface area contributed by atoms with Crippen LogP contribution in [0.5, 0.6) is 5.75 Å². The molecule has 0 radical (unpaired) electrons. The number of benzene rings is 1. The van der Waals surface area contributed by atoms with Gasteiger partial charge < -0.3 is 9.30 Å². The monoisotopic (exact) mass is 439 g/mol. The largest absolute Gasteiger partial charge is 0.497 e. The number of rotatable bonds is 7. The molecule has 11 heteroatoms. The maximum atomic E-state index is 12.3. The van der Waals surface area contributed by atoms with Gasteiger partial charge in [-0.05, 0) is 36.4 Å². The van der Waals surface area contributed by atoms with Crippen molar-refractivity contribution >= 4 is 34.1 Å². The molecule has 0 spiro atoms. The fourth-order valence-corrected chi connectivity index (χ4v) is 4.08. The molecule has 1 amide bonds. The lowest BCUT2D eigenvalue weighted by molar-refractivity contribution is -0.113. The predicted octanol–water partition coefficient (Wildman–Crippen LogP) is 3.14. The van der Waals surface area contributed by atoms with Crippen LogP contribution < -0.4 is 10.1 Å². The van der Waals surface area contributed by atoms with E-state index in [1.807, 2.05) is 48.0 Å². The number of carbonyl (C=O) groups is 1. The number of amides is 1. The molecule has 152 valence electrons. The Bertz CT molecular complexity index is 1140. The summed E-state index contributed by atoms with van der Waals surface area (Å²) in [4.78, 5) is 16.3. The SMILES string of the molecule is COc1ccc(-c2nnc(NC(=O)CSc3nnc(-c4ccncc4)n3C)s2)cc1. The third-order valence-electron chi connectivity index (χ3n) is 4.11. The molecule has 30 heavy (non-hydrogen) atoms. The fourth-order valence-electron chi connectivity index (χ4n) is 2.60. The summed E-state index contributed by atoms with van der Waals surface area (Å²) < 4.78 is 7.00. The molecule has 0 unspecified atom stereocenters. The van der Waals surface area contributed by atoms with E-state index in [1.54, 1.807) is 19.5 Å². The summed E-state index contributed by atoms with van der Waals surface area (Å²) in [6, 6.07) is 11.2. The van der Waals surface area contributed by atoms with Crippen LogP contribution in [0.3, 0.4) is 0 Å². The van der Waals surface area contributed by atoms with Crippen LogP contribution >= 0.6 is 23.1 Å². The molecule has 0 fully saturated rings. The number of thioether (sulfide) groups is 1. The molecule has 4 rings (SSSR count).